The van der Waals surface area contributed by atoms with Crippen LogP contribution in [0.3, 0.4) is 0 Å². The van der Waals surface area contributed by atoms with E-state index in [1.54, 1.807) is 24.3 Å². The second-order valence-electron chi connectivity index (χ2n) is 4.48. The largest absolute Gasteiger partial charge is 0.418 e. The van der Waals surface area contributed by atoms with Crippen molar-refractivity contribution in [3.8, 4) is 0 Å². The molecule has 0 fully saturated rings. The van der Waals surface area contributed by atoms with Crippen LogP contribution in [-0.2, 0) is 12.7 Å². The highest BCUT2D eigenvalue weighted by molar-refractivity contribution is 6.30. The number of carbonyl (C=O) groups is 1. The van der Waals surface area contributed by atoms with Crippen molar-refractivity contribution in [3.05, 3.63) is 64.7 Å². The molecule has 0 saturated carbocycles. The van der Waals surface area contributed by atoms with Crippen molar-refractivity contribution in [2.75, 3.05) is 5.32 Å². The molecule has 2 aromatic rings. The topological polar surface area (TPSA) is 41.1 Å². The van der Waals surface area contributed by atoms with E-state index in [1.807, 2.05) is 0 Å². The number of para-hydroxylation sites is 1. The van der Waals surface area contributed by atoms with E-state index in [1.165, 1.54) is 18.2 Å². The molecule has 2 N–H and O–H groups in total. The molecule has 7 heteroatoms. The van der Waals surface area contributed by atoms with Gasteiger partial charge in [0.05, 0.1) is 11.3 Å². The molecule has 0 unspecified atom stereocenters. The van der Waals surface area contributed by atoms with Gasteiger partial charge >= 0.3 is 12.2 Å². The molecule has 0 saturated heterocycles. The maximum Gasteiger partial charge on any atom is 0.418 e. The Hall–Kier alpha value is -2.21. The minimum atomic E-state index is -4.53. The summed E-state index contributed by atoms with van der Waals surface area (Å²) in [5.41, 5.74) is -0.446. The minimum absolute atomic E-state index is 0.153. The number of urea groups is 1. The first kappa shape index (κ1) is 16.2. The van der Waals surface area contributed by atoms with Crippen molar-refractivity contribution < 1.29 is 18.0 Å². The van der Waals surface area contributed by atoms with E-state index in [4.69, 9.17) is 11.6 Å². The molecule has 22 heavy (non-hydrogen) atoms. The molecule has 2 aromatic carbocycles. The van der Waals surface area contributed by atoms with Crippen molar-refractivity contribution in [1.29, 1.82) is 0 Å². The highest BCUT2D eigenvalue weighted by Gasteiger charge is 2.33. The SMILES string of the molecule is O=C(NCc1cccc(Cl)c1)Nc1ccccc1C(F)(F)F. The zero-order valence-corrected chi connectivity index (χ0v) is 12.0. The third-order valence-electron chi connectivity index (χ3n) is 2.82. The highest BCUT2D eigenvalue weighted by Crippen LogP contribution is 2.34. The molecule has 0 radical (unpaired) electrons. The third kappa shape index (κ3) is 4.39. The molecule has 0 aliphatic heterocycles. The first-order chi connectivity index (χ1) is 10.4. The number of alkyl halides is 3. The van der Waals surface area contributed by atoms with Gasteiger partial charge in [0, 0.05) is 11.6 Å². The van der Waals surface area contributed by atoms with Crippen molar-refractivity contribution in [3.63, 3.8) is 0 Å². The average Bonchev–Trinajstić information content (AvgIpc) is 2.45. The van der Waals surface area contributed by atoms with Crippen LogP contribution in [0.5, 0.6) is 0 Å². The summed E-state index contributed by atoms with van der Waals surface area (Å²) in [5.74, 6) is 0. The van der Waals surface area contributed by atoms with Gasteiger partial charge in [-0.3, -0.25) is 0 Å². The lowest BCUT2D eigenvalue weighted by Crippen LogP contribution is -2.29. The number of nitrogens with one attached hydrogen (secondary N) is 2. The summed E-state index contributed by atoms with van der Waals surface area (Å²) in [6.45, 7) is 0.153. The van der Waals surface area contributed by atoms with Crippen LogP contribution in [0.15, 0.2) is 48.5 Å². The Bertz CT molecular complexity index is 674. The summed E-state index contributed by atoms with van der Waals surface area (Å²) in [5, 5.41) is 5.19. The average molecular weight is 329 g/mol. The van der Waals surface area contributed by atoms with Crippen LogP contribution >= 0.6 is 11.6 Å². The van der Waals surface area contributed by atoms with Gasteiger partial charge in [0.2, 0.25) is 0 Å². The van der Waals surface area contributed by atoms with E-state index in [-0.39, 0.29) is 12.2 Å². The minimum Gasteiger partial charge on any atom is -0.334 e. The van der Waals surface area contributed by atoms with Crippen LogP contribution in [0.2, 0.25) is 5.02 Å². The number of amides is 2. The van der Waals surface area contributed by atoms with Gasteiger partial charge in [-0.1, -0.05) is 35.9 Å². The number of rotatable bonds is 3. The summed E-state index contributed by atoms with van der Waals surface area (Å²) in [6.07, 6.45) is -4.53. The van der Waals surface area contributed by atoms with Gasteiger partial charge in [-0.15, -0.1) is 0 Å². The lowest BCUT2D eigenvalue weighted by atomic mass is 10.1. The molecule has 116 valence electrons. The number of carbonyl (C=O) groups excluding carboxylic acids is 1. The summed E-state index contributed by atoms with van der Waals surface area (Å²) in [7, 11) is 0. The van der Waals surface area contributed by atoms with Gasteiger partial charge in [-0.25, -0.2) is 4.79 Å². The van der Waals surface area contributed by atoms with E-state index in [9.17, 15) is 18.0 Å². The van der Waals surface area contributed by atoms with Crippen LogP contribution in [-0.4, -0.2) is 6.03 Å². The van der Waals surface area contributed by atoms with E-state index < -0.39 is 17.8 Å². The van der Waals surface area contributed by atoms with Gasteiger partial charge in [-0.05, 0) is 29.8 Å². The van der Waals surface area contributed by atoms with Gasteiger partial charge in [0.1, 0.15) is 0 Å². The molecule has 2 amide bonds. The van der Waals surface area contributed by atoms with E-state index in [2.05, 4.69) is 10.6 Å². The summed E-state index contributed by atoms with van der Waals surface area (Å²) in [6, 6.07) is 10.9. The first-order valence-electron chi connectivity index (χ1n) is 6.32. The molecule has 2 rings (SSSR count). The van der Waals surface area contributed by atoms with Crippen LogP contribution in [0, 0.1) is 0 Å². The highest BCUT2D eigenvalue weighted by atomic mass is 35.5. The molecule has 0 spiro atoms. The predicted octanol–water partition coefficient (Wildman–Crippen LogP) is 4.68. The lowest BCUT2D eigenvalue weighted by Gasteiger charge is -2.14. The third-order valence-corrected chi connectivity index (χ3v) is 3.06. The Morgan fingerprint density at radius 2 is 1.82 bits per heavy atom. The van der Waals surface area contributed by atoms with Crippen LogP contribution in [0.4, 0.5) is 23.7 Å². The lowest BCUT2D eigenvalue weighted by molar-refractivity contribution is -0.136. The maximum atomic E-state index is 12.8. The van der Waals surface area contributed by atoms with Crippen molar-refractivity contribution in [2.24, 2.45) is 0 Å². The molecular formula is C15H12ClF3N2O. The second-order valence-corrected chi connectivity index (χ2v) is 4.92. The first-order valence-corrected chi connectivity index (χ1v) is 6.69. The number of hydrogen-bond acceptors (Lipinski definition) is 1. The monoisotopic (exact) mass is 328 g/mol. The van der Waals surface area contributed by atoms with Crippen LogP contribution in [0.25, 0.3) is 0 Å². The number of halogens is 4. The molecule has 3 nitrogen and oxygen atoms in total. The Balaban J connectivity index is 2.01. The second kappa shape index (κ2) is 6.70. The van der Waals surface area contributed by atoms with Crippen molar-refractivity contribution >= 4 is 23.3 Å². The molecule has 0 aliphatic carbocycles. The summed E-state index contributed by atoms with van der Waals surface area (Å²) in [4.78, 5) is 11.7. The number of benzene rings is 2. The van der Waals surface area contributed by atoms with E-state index in [0.717, 1.165) is 11.6 Å². The van der Waals surface area contributed by atoms with E-state index >= 15 is 0 Å². The fourth-order valence-corrected chi connectivity index (χ4v) is 2.05. The zero-order valence-electron chi connectivity index (χ0n) is 11.2. The predicted molar refractivity (Wildman–Crippen MR) is 78.8 cm³/mol. The fourth-order valence-electron chi connectivity index (χ4n) is 1.84. The molecule has 0 atom stereocenters. The Morgan fingerprint density at radius 1 is 1.09 bits per heavy atom. The maximum absolute atomic E-state index is 12.8. The van der Waals surface area contributed by atoms with Crippen LogP contribution in [0.1, 0.15) is 11.1 Å². The Kier molecular flexibility index (Phi) is 4.92. The smallest absolute Gasteiger partial charge is 0.334 e. The Morgan fingerprint density at radius 3 is 2.50 bits per heavy atom. The summed E-state index contributed by atoms with van der Waals surface area (Å²) >= 11 is 5.81. The number of hydrogen-bond donors (Lipinski definition) is 2. The van der Waals surface area contributed by atoms with Gasteiger partial charge in [0.25, 0.3) is 0 Å². The van der Waals surface area contributed by atoms with Gasteiger partial charge in [-0.2, -0.15) is 13.2 Å². The molecule has 0 aromatic heterocycles. The molecule has 0 bridgehead atoms. The molecule has 0 heterocycles. The van der Waals surface area contributed by atoms with Crippen molar-refractivity contribution in [1.82, 2.24) is 5.32 Å². The summed E-state index contributed by atoms with van der Waals surface area (Å²) < 4.78 is 38.4. The van der Waals surface area contributed by atoms with Gasteiger partial charge < -0.3 is 10.6 Å². The van der Waals surface area contributed by atoms with E-state index in [0.29, 0.717) is 5.02 Å². The van der Waals surface area contributed by atoms with Crippen molar-refractivity contribution in [2.45, 2.75) is 12.7 Å². The molecular weight excluding hydrogens is 317 g/mol. The standard InChI is InChI=1S/C15H12ClF3N2O/c16-11-5-3-4-10(8-11)9-20-14(22)21-13-7-2-1-6-12(13)15(17,18)19/h1-8H,9H2,(H2,20,21,22). The van der Waals surface area contributed by atoms with Gasteiger partial charge in [0.15, 0.2) is 0 Å². The normalized spacial score (nSPS) is 11.1. The number of anilines is 1. The zero-order chi connectivity index (χ0) is 16.2. The molecule has 0 aliphatic rings. The fraction of sp³-hybridized carbons (Fsp3) is 0.133. The Labute approximate surface area is 130 Å². The quantitative estimate of drug-likeness (QED) is 0.844. The van der Waals surface area contributed by atoms with Crippen LogP contribution < -0.4 is 10.6 Å².